The van der Waals surface area contributed by atoms with Crippen LogP contribution < -0.4 is 9.47 Å². The highest BCUT2D eigenvalue weighted by Gasteiger charge is 2.22. The summed E-state index contributed by atoms with van der Waals surface area (Å²) < 4.78 is 12.5. The predicted molar refractivity (Wildman–Crippen MR) is 74.6 cm³/mol. The zero-order valence-corrected chi connectivity index (χ0v) is 12.4. The van der Waals surface area contributed by atoms with E-state index in [9.17, 15) is 5.11 Å². The molecule has 1 aliphatic rings. The summed E-state index contributed by atoms with van der Waals surface area (Å²) >= 11 is 3.54. The van der Waals surface area contributed by atoms with Crippen LogP contribution in [-0.4, -0.2) is 24.9 Å². The van der Waals surface area contributed by atoms with Gasteiger partial charge in [0.05, 0.1) is 17.7 Å². The molecule has 0 bridgehead atoms. The first-order chi connectivity index (χ1) is 8.69. The van der Waals surface area contributed by atoms with E-state index >= 15 is 0 Å². The summed E-state index contributed by atoms with van der Waals surface area (Å²) in [6.45, 7) is 5.63. The molecule has 4 heteroatoms. The van der Waals surface area contributed by atoms with Crippen LogP contribution in [0.2, 0.25) is 0 Å². The maximum absolute atomic E-state index is 9.37. The molecule has 0 amide bonds. The third-order valence-electron chi connectivity index (χ3n) is 3.27. The highest BCUT2D eigenvalue weighted by molar-refractivity contribution is 9.10. The summed E-state index contributed by atoms with van der Waals surface area (Å²) in [5.74, 6) is 1.76. The third kappa shape index (κ3) is 2.50. The Balaban J connectivity index is 2.57. The molecule has 1 unspecified atom stereocenters. The van der Waals surface area contributed by atoms with Gasteiger partial charge in [0.15, 0.2) is 11.5 Å². The molecule has 1 aromatic rings. The van der Waals surface area contributed by atoms with Gasteiger partial charge in [0.1, 0.15) is 0 Å². The molecule has 3 nitrogen and oxygen atoms in total. The molecule has 0 aliphatic carbocycles. The number of aliphatic hydroxyl groups excluding tert-OH is 1. The molecule has 18 heavy (non-hydrogen) atoms. The maximum atomic E-state index is 9.37. The maximum Gasteiger partial charge on any atom is 0.175 e. The first-order valence-corrected chi connectivity index (χ1v) is 7.20. The van der Waals surface area contributed by atoms with E-state index in [1.807, 2.05) is 13.0 Å². The molecule has 0 aromatic heterocycles. The Morgan fingerprint density at radius 3 is 2.61 bits per heavy atom. The molecule has 0 saturated heterocycles. The van der Waals surface area contributed by atoms with Crippen LogP contribution in [0.1, 0.15) is 37.3 Å². The largest absolute Gasteiger partial charge is 0.489 e. The van der Waals surface area contributed by atoms with E-state index in [-0.39, 0.29) is 12.5 Å². The van der Waals surface area contributed by atoms with Crippen molar-refractivity contribution in [3.63, 3.8) is 0 Å². The molecule has 100 valence electrons. The van der Waals surface area contributed by atoms with Gasteiger partial charge in [-0.3, -0.25) is 0 Å². The van der Waals surface area contributed by atoms with Crippen LogP contribution in [0.15, 0.2) is 10.5 Å². The monoisotopic (exact) mass is 314 g/mol. The normalized spacial score (nSPS) is 16.2. The zero-order valence-electron chi connectivity index (χ0n) is 10.8. The topological polar surface area (TPSA) is 38.7 Å². The van der Waals surface area contributed by atoms with Crippen molar-refractivity contribution in [2.24, 2.45) is 0 Å². The second kappa shape index (κ2) is 5.93. The molecule has 0 spiro atoms. The van der Waals surface area contributed by atoms with Crippen molar-refractivity contribution >= 4 is 15.9 Å². The van der Waals surface area contributed by atoms with Crippen molar-refractivity contribution in [2.75, 3.05) is 19.8 Å². The second-order valence-electron chi connectivity index (χ2n) is 4.57. The molecule has 1 aliphatic heterocycles. The van der Waals surface area contributed by atoms with E-state index in [2.05, 4.69) is 22.9 Å². The van der Waals surface area contributed by atoms with Crippen LogP contribution in [0.4, 0.5) is 0 Å². The van der Waals surface area contributed by atoms with Gasteiger partial charge < -0.3 is 14.6 Å². The molecule has 1 heterocycles. The first-order valence-electron chi connectivity index (χ1n) is 6.40. The van der Waals surface area contributed by atoms with Gasteiger partial charge >= 0.3 is 0 Å². The quantitative estimate of drug-likeness (QED) is 0.930. The lowest BCUT2D eigenvalue weighted by Gasteiger charge is -2.20. The van der Waals surface area contributed by atoms with Crippen molar-refractivity contribution < 1.29 is 14.6 Å². The molecule has 1 atom stereocenters. The molecule has 1 aromatic carbocycles. The second-order valence-corrected chi connectivity index (χ2v) is 5.43. The molecule has 2 rings (SSSR count). The lowest BCUT2D eigenvalue weighted by Crippen LogP contribution is -2.06. The summed E-state index contributed by atoms with van der Waals surface area (Å²) in [5, 5.41) is 9.37. The number of hydrogen-bond donors (Lipinski definition) is 1. The zero-order chi connectivity index (χ0) is 13.1. The third-order valence-corrected chi connectivity index (χ3v) is 3.86. The fourth-order valence-electron chi connectivity index (χ4n) is 2.26. The van der Waals surface area contributed by atoms with Gasteiger partial charge in [-0.1, -0.05) is 13.8 Å². The number of ether oxygens (including phenoxy) is 2. The number of aliphatic hydroxyl groups is 1. The Labute approximate surface area is 116 Å². The van der Waals surface area contributed by atoms with E-state index in [0.717, 1.165) is 39.9 Å². The Bertz CT molecular complexity index is 432. The van der Waals surface area contributed by atoms with Crippen LogP contribution >= 0.6 is 15.9 Å². The van der Waals surface area contributed by atoms with Gasteiger partial charge in [-0.15, -0.1) is 0 Å². The van der Waals surface area contributed by atoms with Gasteiger partial charge in [-0.05, 0) is 34.0 Å². The molecular weight excluding hydrogens is 296 g/mol. The van der Waals surface area contributed by atoms with Gasteiger partial charge in [0.2, 0.25) is 0 Å². The number of fused-ring (bicyclic) bond motifs is 1. The van der Waals surface area contributed by atoms with E-state index in [0.29, 0.717) is 13.2 Å². The van der Waals surface area contributed by atoms with Gasteiger partial charge in [-0.25, -0.2) is 0 Å². The number of rotatable bonds is 3. The standard InChI is InChI=1S/C14H19BrO3/c1-3-10-11(9(2)8-16)7-12(15)14-13(10)17-5-4-6-18-14/h7,9,16H,3-6,8H2,1-2H3. The Morgan fingerprint density at radius 1 is 1.33 bits per heavy atom. The summed E-state index contributed by atoms with van der Waals surface area (Å²) in [5.41, 5.74) is 2.28. The average Bonchev–Trinajstić information content (AvgIpc) is 2.63. The average molecular weight is 315 g/mol. The summed E-state index contributed by atoms with van der Waals surface area (Å²) in [4.78, 5) is 0. The molecule has 0 radical (unpaired) electrons. The number of halogens is 1. The van der Waals surface area contributed by atoms with E-state index in [1.54, 1.807) is 0 Å². The molecule has 0 saturated carbocycles. The van der Waals surface area contributed by atoms with Gasteiger partial charge in [0, 0.05) is 24.5 Å². The number of benzene rings is 1. The van der Waals surface area contributed by atoms with Crippen molar-refractivity contribution in [1.29, 1.82) is 0 Å². The SMILES string of the molecule is CCc1c(C(C)CO)cc(Br)c2c1OCCCO2. The van der Waals surface area contributed by atoms with Crippen molar-refractivity contribution in [1.82, 2.24) is 0 Å². The smallest absolute Gasteiger partial charge is 0.175 e. The fraction of sp³-hybridized carbons (Fsp3) is 0.571. The Kier molecular flexibility index (Phi) is 4.51. The summed E-state index contributed by atoms with van der Waals surface area (Å²) in [7, 11) is 0. The first kappa shape index (κ1) is 13.7. The minimum absolute atomic E-state index is 0.105. The van der Waals surface area contributed by atoms with Crippen molar-refractivity contribution in [3.05, 3.63) is 21.7 Å². The van der Waals surface area contributed by atoms with Crippen LogP contribution in [0.25, 0.3) is 0 Å². The van der Waals surface area contributed by atoms with Crippen molar-refractivity contribution in [2.45, 2.75) is 32.6 Å². The molecular formula is C14H19BrO3. The van der Waals surface area contributed by atoms with E-state index in [1.165, 1.54) is 0 Å². The van der Waals surface area contributed by atoms with Crippen LogP contribution in [0.5, 0.6) is 11.5 Å². The Hall–Kier alpha value is -0.740. The fourth-order valence-corrected chi connectivity index (χ4v) is 2.80. The lowest BCUT2D eigenvalue weighted by atomic mass is 9.93. The van der Waals surface area contributed by atoms with E-state index < -0.39 is 0 Å². The van der Waals surface area contributed by atoms with Crippen LogP contribution in [0, 0.1) is 0 Å². The summed E-state index contributed by atoms with van der Waals surface area (Å²) in [6, 6.07) is 2.05. The van der Waals surface area contributed by atoms with Crippen LogP contribution in [0.3, 0.4) is 0 Å². The van der Waals surface area contributed by atoms with Gasteiger partial charge in [-0.2, -0.15) is 0 Å². The highest BCUT2D eigenvalue weighted by atomic mass is 79.9. The summed E-state index contributed by atoms with van der Waals surface area (Å²) in [6.07, 6.45) is 1.77. The van der Waals surface area contributed by atoms with Crippen molar-refractivity contribution in [3.8, 4) is 11.5 Å². The highest BCUT2D eigenvalue weighted by Crippen LogP contribution is 2.43. The van der Waals surface area contributed by atoms with E-state index in [4.69, 9.17) is 9.47 Å². The molecule has 0 fully saturated rings. The Morgan fingerprint density at radius 2 is 2.00 bits per heavy atom. The molecule has 1 N–H and O–H groups in total. The number of hydrogen-bond acceptors (Lipinski definition) is 3. The minimum Gasteiger partial charge on any atom is -0.489 e. The lowest BCUT2D eigenvalue weighted by molar-refractivity contribution is 0.271. The predicted octanol–water partition coefficient (Wildman–Crippen LogP) is 3.27. The van der Waals surface area contributed by atoms with Crippen LogP contribution in [-0.2, 0) is 6.42 Å². The minimum atomic E-state index is 0.105. The van der Waals surface area contributed by atoms with Gasteiger partial charge in [0.25, 0.3) is 0 Å².